The van der Waals surface area contributed by atoms with E-state index in [2.05, 4.69) is 20.8 Å². The maximum atomic E-state index is 12.6. The zero-order valence-electron chi connectivity index (χ0n) is 16.3. The first kappa shape index (κ1) is 18.9. The number of anilines is 1. The van der Waals surface area contributed by atoms with E-state index < -0.39 is 0 Å². The molecule has 2 aromatic rings. The van der Waals surface area contributed by atoms with Gasteiger partial charge in [0.1, 0.15) is 0 Å². The van der Waals surface area contributed by atoms with Gasteiger partial charge in [-0.2, -0.15) is 5.10 Å². The monoisotopic (exact) mass is 369 g/mol. The number of carbonyl (C=O) groups excluding carboxylic acids is 2. The maximum absolute atomic E-state index is 12.6. The molecule has 0 aliphatic heterocycles. The van der Waals surface area contributed by atoms with Crippen molar-refractivity contribution in [3.05, 3.63) is 46.3 Å². The zero-order valence-corrected chi connectivity index (χ0v) is 16.3. The van der Waals surface area contributed by atoms with E-state index in [0.717, 1.165) is 30.5 Å². The number of benzene rings is 1. The van der Waals surface area contributed by atoms with E-state index in [1.165, 1.54) is 11.3 Å². The van der Waals surface area contributed by atoms with Crippen LogP contribution >= 0.6 is 0 Å². The lowest BCUT2D eigenvalue weighted by molar-refractivity contribution is 0.0943. The van der Waals surface area contributed by atoms with Crippen molar-refractivity contribution in [3.8, 4) is 0 Å². The Bertz CT molecular complexity index is 856. The van der Waals surface area contributed by atoms with Crippen molar-refractivity contribution >= 4 is 17.6 Å². The number of aromatic amines is 1. The third-order valence-electron chi connectivity index (χ3n) is 4.78. The molecule has 7 nitrogen and oxygen atoms in total. The zero-order chi connectivity index (χ0) is 19.6. The Morgan fingerprint density at radius 1 is 1.30 bits per heavy atom. The van der Waals surface area contributed by atoms with Crippen molar-refractivity contribution in [2.24, 2.45) is 0 Å². The molecule has 0 saturated heterocycles. The molecule has 3 rings (SSSR count). The highest BCUT2D eigenvalue weighted by Gasteiger charge is 2.21. The summed E-state index contributed by atoms with van der Waals surface area (Å²) in [5.74, 6) is -0.115. The molecule has 1 aromatic heterocycles. The van der Waals surface area contributed by atoms with Crippen LogP contribution in [0.2, 0.25) is 0 Å². The van der Waals surface area contributed by atoms with Gasteiger partial charge in [0.15, 0.2) is 0 Å². The minimum atomic E-state index is -0.202. The van der Waals surface area contributed by atoms with Gasteiger partial charge in [-0.3, -0.25) is 9.89 Å². The summed E-state index contributed by atoms with van der Waals surface area (Å²) in [5.41, 5.74) is 5.52. The van der Waals surface area contributed by atoms with Crippen molar-refractivity contribution < 1.29 is 9.59 Å². The fourth-order valence-electron chi connectivity index (χ4n) is 3.32. The molecule has 144 valence electrons. The molecule has 0 fully saturated rings. The van der Waals surface area contributed by atoms with Gasteiger partial charge < -0.3 is 15.5 Å². The van der Waals surface area contributed by atoms with Crippen LogP contribution in [0.1, 0.15) is 53.1 Å². The van der Waals surface area contributed by atoms with Crippen LogP contribution in [0.5, 0.6) is 0 Å². The molecule has 0 bridgehead atoms. The van der Waals surface area contributed by atoms with Crippen LogP contribution in [0.15, 0.2) is 18.2 Å². The van der Waals surface area contributed by atoms with Gasteiger partial charge in [-0.1, -0.05) is 0 Å². The van der Waals surface area contributed by atoms with E-state index in [1.54, 1.807) is 30.1 Å². The number of aromatic nitrogens is 2. The second-order valence-electron chi connectivity index (χ2n) is 7.43. The van der Waals surface area contributed by atoms with Gasteiger partial charge in [0.25, 0.3) is 5.91 Å². The first-order chi connectivity index (χ1) is 12.8. The number of nitrogens with zero attached hydrogens (tertiary/aromatic N) is 2. The largest absolute Gasteiger partial charge is 0.350 e. The molecule has 0 saturated carbocycles. The van der Waals surface area contributed by atoms with Crippen LogP contribution in [0.25, 0.3) is 0 Å². The van der Waals surface area contributed by atoms with Crippen molar-refractivity contribution in [1.29, 1.82) is 0 Å². The highest BCUT2D eigenvalue weighted by Crippen LogP contribution is 2.24. The number of hydrogen-bond donors (Lipinski definition) is 3. The molecule has 1 aliphatic carbocycles. The number of urea groups is 1. The third kappa shape index (κ3) is 4.30. The van der Waals surface area contributed by atoms with Crippen LogP contribution in [0, 0.1) is 6.92 Å². The van der Waals surface area contributed by atoms with Gasteiger partial charge in [-0.25, -0.2) is 4.79 Å². The summed E-state index contributed by atoms with van der Waals surface area (Å²) in [6.07, 6.45) is 3.20. The first-order valence-electron chi connectivity index (χ1n) is 9.33. The van der Waals surface area contributed by atoms with Crippen LogP contribution in [0.3, 0.4) is 0 Å². The maximum Gasteiger partial charge on any atom is 0.321 e. The number of fused-ring (bicyclic) bond motifs is 1. The molecule has 1 aliphatic rings. The SMILES string of the molecule is Cc1cc(C(=O)NC(C)C)ccc1NC(=O)N(C)Cc1n[nH]c2c1CCC2. The Morgan fingerprint density at radius 2 is 2.07 bits per heavy atom. The number of amides is 3. The highest BCUT2D eigenvalue weighted by atomic mass is 16.2. The van der Waals surface area contributed by atoms with Gasteiger partial charge in [-0.05, 0) is 69.4 Å². The van der Waals surface area contributed by atoms with Crippen LogP contribution < -0.4 is 10.6 Å². The average molecular weight is 369 g/mol. The Labute approximate surface area is 159 Å². The molecule has 0 radical (unpaired) electrons. The third-order valence-corrected chi connectivity index (χ3v) is 4.78. The lowest BCUT2D eigenvalue weighted by atomic mass is 10.1. The Balaban J connectivity index is 1.63. The molecule has 1 heterocycles. The molecule has 0 atom stereocenters. The Kier molecular flexibility index (Phi) is 5.48. The van der Waals surface area contributed by atoms with Gasteiger partial charge in [0, 0.05) is 30.0 Å². The minimum Gasteiger partial charge on any atom is -0.350 e. The lowest BCUT2D eigenvalue weighted by Crippen LogP contribution is -2.32. The molecule has 7 heteroatoms. The molecule has 0 unspecified atom stereocenters. The van der Waals surface area contributed by atoms with Gasteiger partial charge >= 0.3 is 6.03 Å². The summed E-state index contributed by atoms with van der Waals surface area (Å²) in [7, 11) is 1.76. The van der Waals surface area contributed by atoms with Crippen LogP contribution in [-0.4, -0.2) is 40.1 Å². The Hall–Kier alpha value is -2.83. The van der Waals surface area contributed by atoms with Crippen LogP contribution in [-0.2, 0) is 19.4 Å². The van der Waals surface area contributed by atoms with Crippen molar-refractivity contribution in [1.82, 2.24) is 20.4 Å². The molecule has 1 aromatic carbocycles. The summed E-state index contributed by atoms with van der Waals surface area (Å²) in [4.78, 5) is 26.3. The fourth-order valence-corrected chi connectivity index (χ4v) is 3.32. The normalized spacial score (nSPS) is 12.8. The quantitative estimate of drug-likeness (QED) is 0.757. The minimum absolute atomic E-state index is 0.0781. The van der Waals surface area contributed by atoms with E-state index in [9.17, 15) is 9.59 Å². The van der Waals surface area contributed by atoms with E-state index in [1.807, 2.05) is 20.8 Å². The molecular weight excluding hydrogens is 342 g/mol. The number of carbonyl (C=O) groups is 2. The summed E-state index contributed by atoms with van der Waals surface area (Å²) in [6, 6.07) is 5.15. The summed E-state index contributed by atoms with van der Waals surface area (Å²) in [5, 5.41) is 13.2. The van der Waals surface area contributed by atoms with Gasteiger partial charge in [0.05, 0.1) is 12.2 Å². The predicted octanol–water partition coefficient (Wildman–Crippen LogP) is 3.01. The fraction of sp³-hybridized carbons (Fsp3) is 0.450. The van der Waals surface area contributed by atoms with E-state index in [0.29, 0.717) is 17.8 Å². The van der Waals surface area contributed by atoms with E-state index in [-0.39, 0.29) is 18.0 Å². The number of rotatable bonds is 5. The van der Waals surface area contributed by atoms with Crippen LogP contribution in [0.4, 0.5) is 10.5 Å². The highest BCUT2D eigenvalue weighted by molar-refractivity contribution is 5.96. The van der Waals surface area contributed by atoms with Gasteiger partial charge in [-0.15, -0.1) is 0 Å². The summed E-state index contributed by atoms with van der Waals surface area (Å²) >= 11 is 0. The summed E-state index contributed by atoms with van der Waals surface area (Å²) in [6.45, 7) is 6.18. The van der Waals surface area contributed by atoms with E-state index in [4.69, 9.17) is 0 Å². The molecule has 3 amide bonds. The molecule has 3 N–H and O–H groups in total. The van der Waals surface area contributed by atoms with Gasteiger partial charge in [0.2, 0.25) is 0 Å². The van der Waals surface area contributed by atoms with Crippen molar-refractivity contribution in [2.45, 2.75) is 52.6 Å². The predicted molar refractivity (Wildman–Crippen MR) is 105 cm³/mol. The Morgan fingerprint density at radius 3 is 2.78 bits per heavy atom. The number of nitrogens with one attached hydrogen (secondary N) is 3. The second kappa shape index (κ2) is 7.82. The number of aryl methyl sites for hydroxylation is 2. The average Bonchev–Trinajstić information content (AvgIpc) is 3.21. The molecule has 0 spiro atoms. The standard InChI is InChI=1S/C20H27N5O2/c1-12(2)21-19(26)14-8-9-16(13(3)10-14)22-20(27)25(4)11-18-15-6-5-7-17(15)23-24-18/h8-10,12H,5-7,11H2,1-4H3,(H,21,26)(H,22,27)(H,23,24). The van der Waals surface area contributed by atoms with E-state index >= 15 is 0 Å². The molecule has 27 heavy (non-hydrogen) atoms. The number of hydrogen-bond acceptors (Lipinski definition) is 3. The second-order valence-corrected chi connectivity index (χ2v) is 7.43. The topological polar surface area (TPSA) is 90.1 Å². The summed E-state index contributed by atoms with van der Waals surface area (Å²) < 4.78 is 0. The first-order valence-corrected chi connectivity index (χ1v) is 9.33. The number of H-pyrrole nitrogens is 1. The molecular formula is C20H27N5O2. The smallest absolute Gasteiger partial charge is 0.321 e. The van der Waals surface area contributed by atoms with Crippen molar-refractivity contribution in [2.75, 3.05) is 12.4 Å². The van der Waals surface area contributed by atoms with Crippen molar-refractivity contribution in [3.63, 3.8) is 0 Å². The lowest BCUT2D eigenvalue weighted by Gasteiger charge is -2.19.